The number of carbonyl (C=O) groups is 2. The second-order valence-corrected chi connectivity index (χ2v) is 9.32. The lowest BCUT2D eigenvalue weighted by molar-refractivity contribution is -0.141. The summed E-state index contributed by atoms with van der Waals surface area (Å²) in [6.07, 6.45) is 0.866. The second-order valence-electron chi connectivity index (χ2n) is 8.91. The maximum absolute atomic E-state index is 14.5. The number of aryl methyl sites for hydroxylation is 1. The Bertz CT molecular complexity index is 1130. The molecule has 0 bridgehead atoms. The van der Waals surface area contributed by atoms with Gasteiger partial charge < -0.3 is 10.2 Å². The Morgan fingerprint density at radius 1 is 1.00 bits per heavy atom. The van der Waals surface area contributed by atoms with Gasteiger partial charge in [0, 0.05) is 29.6 Å². The van der Waals surface area contributed by atoms with E-state index in [0.29, 0.717) is 6.42 Å². The van der Waals surface area contributed by atoms with Crippen LogP contribution >= 0.6 is 11.6 Å². The Labute approximate surface area is 212 Å². The Morgan fingerprint density at radius 2 is 1.69 bits per heavy atom. The highest BCUT2D eigenvalue weighted by molar-refractivity contribution is 6.31. The van der Waals surface area contributed by atoms with Gasteiger partial charge in [-0.05, 0) is 43.5 Å². The summed E-state index contributed by atoms with van der Waals surface area (Å²) in [6, 6.07) is 21.0. The molecule has 3 aromatic rings. The highest BCUT2D eigenvalue weighted by Gasteiger charge is 2.31. The van der Waals surface area contributed by atoms with Crippen LogP contribution in [0.2, 0.25) is 5.02 Å². The first-order chi connectivity index (χ1) is 16.8. The normalized spacial score (nSPS) is 12.6. The zero-order chi connectivity index (χ0) is 25.4. The van der Waals surface area contributed by atoms with E-state index in [0.717, 1.165) is 23.1 Å². The highest BCUT2D eigenvalue weighted by atomic mass is 35.5. The topological polar surface area (TPSA) is 49.4 Å². The van der Waals surface area contributed by atoms with E-state index in [-0.39, 0.29) is 41.4 Å². The van der Waals surface area contributed by atoms with E-state index in [1.54, 1.807) is 11.0 Å². The van der Waals surface area contributed by atoms with Crippen LogP contribution < -0.4 is 5.32 Å². The molecule has 0 radical (unpaired) electrons. The first-order valence-electron chi connectivity index (χ1n) is 11.9. The number of nitrogens with zero attached hydrogens (tertiary/aromatic N) is 1. The van der Waals surface area contributed by atoms with Crippen molar-refractivity contribution in [3.8, 4) is 0 Å². The third kappa shape index (κ3) is 7.40. The molecule has 0 aliphatic carbocycles. The van der Waals surface area contributed by atoms with Gasteiger partial charge in [-0.15, -0.1) is 0 Å². The third-order valence-corrected chi connectivity index (χ3v) is 6.45. The van der Waals surface area contributed by atoms with E-state index in [4.69, 9.17) is 11.6 Å². The molecule has 6 heteroatoms. The molecular weight excluding hydrogens is 463 g/mol. The first-order valence-corrected chi connectivity index (χ1v) is 12.3. The van der Waals surface area contributed by atoms with Gasteiger partial charge in [-0.3, -0.25) is 9.59 Å². The number of rotatable bonds is 10. The van der Waals surface area contributed by atoms with Crippen molar-refractivity contribution in [1.29, 1.82) is 0 Å². The van der Waals surface area contributed by atoms with Crippen LogP contribution in [-0.2, 0) is 29.0 Å². The molecule has 0 saturated carbocycles. The fourth-order valence-corrected chi connectivity index (χ4v) is 4.19. The van der Waals surface area contributed by atoms with E-state index in [9.17, 15) is 14.0 Å². The predicted octanol–water partition coefficient (Wildman–Crippen LogP) is 5.88. The number of amides is 2. The van der Waals surface area contributed by atoms with Crippen LogP contribution in [0.15, 0.2) is 72.8 Å². The summed E-state index contributed by atoms with van der Waals surface area (Å²) in [5.41, 5.74) is 3.01. The van der Waals surface area contributed by atoms with Crippen molar-refractivity contribution < 1.29 is 14.0 Å². The van der Waals surface area contributed by atoms with E-state index in [2.05, 4.69) is 5.32 Å². The molecular formula is C29H32ClFN2O2. The lowest BCUT2D eigenvalue weighted by atomic mass is 10.0. The van der Waals surface area contributed by atoms with Gasteiger partial charge >= 0.3 is 0 Å². The summed E-state index contributed by atoms with van der Waals surface area (Å²) >= 11 is 6.23. The fraction of sp³-hybridized carbons (Fsp3) is 0.310. The molecule has 0 fully saturated rings. The molecule has 35 heavy (non-hydrogen) atoms. The summed E-state index contributed by atoms with van der Waals surface area (Å²) in [5.74, 6) is -1.13. The third-order valence-electron chi connectivity index (χ3n) is 6.10. The maximum Gasteiger partial charge on any atom is 0.243 e. The summed E-state index contributed by atoms with van der Waals surface area (Å²) in [7, 11) is 0. The summed E-state index contributed by atoms with van der Waals surface area (Å²) in [6.45, 7) is 6.13. The average Bonchev–Trinajstić information content (AvgIpc) is 2.84. The number of carbonyl (C=O) groups excluding carboxylic acids is 2. The Hall–Kier alpha value is -3.18. The minimum atomic E-state index is -0.773. The van der Waals surface area contributed by atoms with Gasteiger partial charge in [0.15, 0.2) is 0 Å². The van der Waals surface area contributed by atoms with Gasteiger partial charge in [-0.1, -0.05) is 84.8 Å². The average molecular weight is 495 g/mol. The SMILES string of the molecule is CC[C@H](C)NC(=O)[C@H](Cc1ccccc1)N(Cc1cccc(C)c1)C(=O)Cc1c(F)cccc1Cl. The summed E-state index contributed by atoms with van der Waals surface area (Å²) in [5, 5.41) is 3.23. The maximum atomic E-state index is 14.5. The van der Waals surface area contributed by atoms with Gasteiger partial charge in [0.2, 0.25) is 11.8 Å². The standard InChI is InChI=1S/C29H32ClFN2O2/c1-4-21(3)32-29(35)27(17-22-11-6-5-7-12-22)33(19-23-13-8-10-20(2)16-23)28(34)18-24-25(30)14-9-15-26(24)31/h5-16,21,27H,4,17-19H2,1-3H3,(H,32,35)/t21-,27-/m0/s1. The van der Waals surface area contributed by atoms with Crippen LogP contribution in [0.1, 0.15) is 42.5 Å². The Balaban J connectivity index is 2.01. The molecule has 0 spiro atoms. The van der Waals surface area contributed by atoms with Gasteiger partial charge in [0.1, 0.15) is 11.9 Å². The van der Waals surface area contributed by atoms with Crippen LogP contribution in [0.3, 0.4) is 0 Å². The van der Waals surface area contributed by atoms with Crippen LogP contribution in [0, 0.1) is 12.7 Å². The van der Waals surface area contributed by atoms with Crippen molar-refractivity contribution in [3.05, 3.63) is 106 Å². The van der Waals surface area contributed by atoms with Crippen LogP contribution in [0.4, 0.5) is 4.39 Å². The van der Waals surface area contributed by atoms with Crippen molar-refractivity contribution in [1.82, 2.24) is 10.2 Å². The first kappa shape index (κ1) is 26.4. The molecule has 3 rings (SSSR count). The Morgan fingerprint density at radius 3 is 2.34 bits per heavy atom. The number of nitrogens with one attached hydrogen (secondary N) is 1. The van der Waals surface area contributed by atoms with E-state index >= 15 is 0 Å². The molecule has 0 aliphatic rings. The number of hydrogen-bond acceptors (Lipinski definition) is 2. The van der Waals surface area contributed by atoms with Gasteiger partial charge in [-0.25, -0.2) is 4.39 Å². The van der Waals surface area contributed by atoms with Crippen molar-refractivity contribution in [2.45, 2.75) is 58.7 Å². The fourth-order valence-electron chi connectivity index (χ4n) is 3.96. The predicted molar refractivity (Wildman–Crippen MR) is 139 cm³/mol. The lowest BCUT2D eigenvalue weighted by Gasteiger charge is -2.32. The molecule has 1 N–H and O–H groups in total. The van der Waals surface area contributed by atoms with Crippen molar-refractivity contribution >= 4 is 23.4 Å². The van der Waals surface area contributed by atoms with Crippen LogP contribution in [-0.4, -0.2) is 28.8 Å². The molecule has 2 atom stereocenters. The molecule has 4 nitrogen and oxygen atoms in total. The Kier molecular flexibility index (Phi) is 9.44. The smallest absolute Gasteiger partial charge is 0.243 e. The molecule has 0 heterocycles. The number of benzene rings is 3. The van der Waals surface area contributed by atoms with E-state index < -0.39 is 11.9 Å². The molecule has 2 amide bonds. The quantitative estimate of drug-likeness (QED) is 0.382. The number of halogens is 2. The van der Waals surface area contributed by atoms with E-state index in [1.807, 2.05) is 75.4 Å². The largest absolute Gasteiger partial charge is 0.352 e. The lowest BCUT2D eigenvalue weighted by Crippen LogP contribution is -2.52. The van der Waals surface area contributed by atoms with Crippen molar-refractivity contribution in [3.63, 3.8) is 0 Å². The van der Waals surface area contributed by atoms with Crippen molar-refractivity contribution in [2.24, 2.45) is 0 Å². The van der Waals surface area contributed by atoms with Crippen LogP contribution in [0.25, 0.3) is 0 Å². The summed E-state index contributed by atoms with van der Waals surface area (Å²) < 4.78 is 14.5. The molecule has 3 aromatic carbocycles. The minimum Gasteiger partial charge on any atom is -0.352 e. The van der Waals surface area contributed by atoms with Gasteiger partial charge in [0.25, 0.3) is 0 Å². The zero-order valence-corrected chi connectivity index (χ0v) is 21.2. The summed E-state index contributed by atoms with van der Waals surface area (Å²) in [4.78, 5) is 28.8. The molecule has 0 unspecified atom stereocenters. The molecule has 0 aliphatic heterocycles. The van der Waals surface area contributed by atoms with E-state index in [1.165, 1.54) is 12.1 Å². The molecule has 0 aromatic heterocycles. The highest BCUT2D eigenvalue weighted by Crippen LogP contribution is 2.23. The van der Waals surface area contributed by atoms with Crippen LogP contribution in [0.5, 0.6) is 0 Å². The van der Waals surface area contributed by atoms with Gasteiger partial charge in [0.05, 0.1) is 6.42 Å². The number of hydrogen-bond donors (Lipinski definition) is 1. The zero-order valence-electron chi connectivity index (χ0n) is 20.4. The van der Waals surface area contributed by atoms with Gasteiger partial charge in [-0.2, -0.15) is 0 Å². The minimum absolute atomic E-state index is 0.0438. The molecule has 0 saturated heterocycles. The molecule has 184 valence electrons. The monoisotopic (exact) mass is 494 g/mol. The van der Waals surface area contributed by atoms with Crippen molar-refractivity contribution in [2.75, 3.05) is 0 Å². The second kappa shape index (κ2) is 12.5.